The second-order valence-corrected chi connectivity index (χ2v) is 6.63. The third-order valence-electron chi connectivity index (χ3n) is 4.45. The van der Waals surface area contributed by atoms with Crippen LogP contribution in [0.2, 0.25) is 0 Å². The molecule has 1 atom stereocenters. The molecular formula is C18H16F6N4O. The molecule has 0 bridgehead atoms. The Kier molecular flexibility index (Phi) is 5.78. The van der Waals surface area contributed by atoms with Crippen molar-refractivity contribution in [2.75, 3.05) is 19.6 Å². The summed E-state index contributed by atoms with van der Waals surface area (Å²) in [5.74, 6) is -0.738. The number of carbonyl (C=O) groups is 1. The first-order chi connectivity index (χ1) is 13.5. The lowest BCUT2D eigenvalue weighted by molar-refractivity contribution is -0.143. The first-order valence-electron chi connectivity index (χ1n) is 8.66. The van der Waals surface area contributed by atoms with Gasteiger partial charge in [0.2, 0.25) is 0 Å². The minimum absolute atomic E-state index is 0.0235. The molecule has 1 saturated heterocycles. The van der Waals surface area contributed by atoms with Crippen LogP contribution in [0.3, 0.4) is 0 Å². The molecule has 1 fully saturated rings. The van der Waals surface area contributed by atoms with Gasteiger partial charge in [0.1, 0.15) is 5.69 Å². The zero-order valence-corrected chi connectivity index (χ0v) is 14.9. The van der Waals surface area contributed by atoms with E-state index in [4.69, 9.17) is 0 Å². The number of aromatic nitrogens is 2. The van der Waals surface area contributed by atoms with Gasteiger partial charge in [-0.2, -0.15) is 26.3 Å². The Bertz CT molecular complexity index is 858. The van der Waals surface area contributed by atoms with Crippen LogP contribution in [0.4, 0.5) is 26.3 Å². The second-order valence-electron chi connectivity index (χ2n) is 6.63. The fourth-order valence-electron chi connectivity index (χ4n) is 2.92. The summed E-state index contributed by atoms with van der Waals surface area (Å²) in [7, 11) is 0. The van der Waals surface area contributed by atoms with Crippen molar-refractivity contribution in [3.8, 4) is 11.4 Å². The topological polar surface area (TPSA) is 66.9 Å². The molecule has 2 aromatic rings. The van der Waals surface area contributed by atoms with Crippen molar-refractivity contribution < 1.29 is 31.1 Å². The third kappa shape index (κ3) is 5.22. The van der Waals surface area contributed by atoms with E-state index in [1.165, 1.54) is 6.07 Å². The fourth-order valence-corrected chi connectivity index (χ4v) is 2.92. The highest BCUT2D eigenvalue weighted by Gasteiger charge is 2.37. The van der Waals surface area contributed by atoms with Crippen molar-refractivity contribution in [1.29, 1.82) is 0 Å². The van der Waals surface area contributed by atoms with E-state index in [0.29, 0.717) is 18.7 Å². The van der Waals surface area contributed by atoms with Gasteiger partial charge in [-0.3, -0.25) is 4.79 Å². The van der Waals surface area contributed by atoms with Crippen LogP contribution in [0, 0.1) is 5.92 Å². The number of benzene rings is 1. The number of nitrogens with zero attached hydrogens (tertiary/aromatic N) is 2. The highest BCUT2D eigenvalue weighted by molar-refractivity contribution is 5.92. The Hall–Kier alpha value is -2.69. The van der Waals surface area contributed by atoms with E-state index < -0.39 is 40.8 Å². The molecule has 2 heterocycles. The summed E-state index contributed by atoms with van der Waals surface area (Å²) in [5, 5.41) is 5.80. The summed E-state index contributed by atoms with van der Waals surface area (Å²) in [6, 6.07) is 2.31. The smallest absolute Gasteiger partial charge is 0.350 e. The van der Waals surface area contributed by atoms with Gasteiger partial charge < -0.3 is 10.6 Å². The van der Waals surface area contributed by atoms with E-state index in [1.807, 2.05) is 0 Å². The van der Waals surface area contributed by atoms with Gasteiger partial charge in [-0.15, -0.1) is 0 Å². The molecule has 0 saturated carbocycles. The standard InChI is InChI=1S/C18H16F6N4O/c19-17(20,21)12-5-11(6-13(7-12)18(22,23)24)15-26-4-2-14(28-15)16(29)27-9-10-1-3-25-8-10/h2,4-7,10,25H,1,3,8-9H2,(H,27,29). The number of hydrogen-bond acceptors (Lipinski definition) is 4. The summed E-state index contributed by atoms with van der Waals surface area (Å²) in [4.78, 5) is 19.9. The summed E-state index contributed by atoms with van der Waals surface area (Å²) >= 11 is 0. The average Bonchev–Trinajstić information content (AvgIpc) is 3.18. The molecule has 156 valence electrons. The Labute approximate surface area is 161 Å². The largest absolute Gasteiger partial charge is 0.416 e. The van der Waals surface area contributed by atoms with Gasteiger partial charge in [0, 0.05) is 18.3 Å². The summed E-state index contributed by atoms with van der Waals surface area (Å²) in [6.45, 7) is 1.97. The monoisotopic (exact) mass is 418 g/mol. The quantitative estimate of drug-likeness (QED) is 0.746. The van der Waals surface area contributed by atoms with E-state index in [9.17, 15) is 31.1 Å². The SMILES string of the molecule is O=C(NCC1CCNC1)c1ccnc(-c2cc(C(F)(F)F)cc(C(F)(F)F)c2)n1. The maximum Gasteiger partial charge on any atom is 0.416 e. The summed E-state index contributed by atoms with van der Waals surface area (Å²) < 4.78 is 78.2. The van der Waals surface area contributed by atoms with E-state index in [0.717, 1.165) is 25.7 Å². The zero-order valence-electron chi connectivity index (χ0n) is 14.9. The Balaban J connectivity index is 1.90. The van der Waals surface area contributed by atoms with E-state index in [2.05, 4.69) is 20.6 Å². The Morgan fingerprint density at radius 2 is 1.76 bits per heavy atom. The first kappa shape index (κ1) is 21.0. The summed E-state index contributed by atoms with van der Waals surface area (Å²) in [6.07, 6.45) is -7.97. The lowest BCUT2D eigenvalue weighted by atomic mass is 10.0. The summed E-state index contributed by atoms with van der Waals surface area (Å²) in [5.41, 5.74) is -3.59. The van der Waals surface area contributed by atoms with Crippen molar-refractivity contribution in [1.82, 2.24) is 20.6 Å². The highest BCUT2D eigenvalue weighted by atomic mass is 19.4. The minimum atomic E-state index is -4.99. The number of rotatable bonds is 4. The number of hydrogen-bond donors (Lipinski definition) is 2. The van der Waals surface area contributed by atoms with Crippen LogP contribution in [-0.2, 0) is 12.4 Å². The normalized spacial score (nSPS) is 17.4. The van der Waals surface area contributed by atoms with Gasteiger partial charge in [0.25, 0.3) is 5.91 Å². The van der Waals surface area contributed by atoms with Crippen molar-refractivity contribution in [2.24, 2.45) is 5.92 Å². The molecule has 5 nitrogen and oxygen atoms in total. The molecule has 1 unspecified atom stereocenters. The molecule has 0 radical (unpaired) electrons. The highest BCUT2D eigenvalue weighted by Crippen LogP contribution is 2.38. The van der Waals surface area contributed by atoms with Gasteiger partial charge in [-0.05, 0) is 49.7 Å². The Morgan fingerprint density at radius 1 is 1.10 bits per heavy atom. The molecule has 0 aliphatic carbocycles. The molecular weight excluding hydrogens is 402 g/mol. The number of amides is 1. The molecule has 11 heteroatoms. The molecule has 1 aliphatic heterocycles. The van der Waals surface area contributed by atoms with Crippen LogP contribution in [0.1, 0.15) is 28.0 Å². The second kappa shape index (κ2) is 7.97. The predicted octanol–water partition coefficient (Wildman–Crippen LogP) is 3.52. The fraction of sp³-hybridized carbons (Fsp3) is 0.389. The van der Waals surface area contributed by atoms with Crippen LogP contribution >= 0.6 is 0 Å². The molecule has 0 spiro atoms. The number of alkyl halides is 6. The first-order valence-corrected chi connectivity index (χ1v) is 8.66. The van der Waals surface area contributed by atoms with E-state index >= 15 is 0 Å². The van der Waals surface area contributed by atoms with Gasteiger partial charge >= 0.3 is 12.4 Å². The van der Waals surface area contributed by atoms with Gasteiger partial charge in [0.05, 0.1) is 11.1 Å². The molecule has 3 rings (SSSR count). The zero-order chi connectivity index (χ0) is 21.2. The van der Waals surface area contributed by atoms with Crippen molar-refractivity contribution in [3.63, 3.8) is 0 Å². The molecule has 1 aromatic carbocycles. The maximum atomic E-state index is 13.0. The number of carbonyl (C=O) groups excluding carboxylic acids is 1. The Morgan fingerprint density at radius 3 is 2.31 bits per heavy atom. The van der Waals surface area contributed by atoms with Gasteiger partial charge in [-0.1, -0.05) is 0 Å². The van der Waals surface area contributed by atoms with Crippen LogP contribution in [-0.4, -0.2) is 35.5 Å². The lowest BCUT2D eigenvalue weighted by Crippen LogP contribution is -2.30. The van der Waals surface area contributed by atoms with Crippen LogP contribution < -0.4 is 10.6 Å². The molecule has 1 aromatic heterocycles. The van der Waals surface area contributed by atoms with Gasteiger partial charge in [-0.25, -0.2) is 9.97 Å². The molecule has 2 N–H and O–H groups in total. The molecule has 1 amide bonds. The lowest BCUT2D eigenvalue weighted by Gasteiger charge is -2.14. The molecule has 1 aliphatic rings. The third-order valence-corrected chi connectivity index (χ3v) is 4.45. The van der Waals surface area contributed by atoms with Gasteiger partial charge in [0.15, 0.2) is 5.82 Å². The predicted molar refractivity (Wildman–Crippen MR) is 90.8 cm³/mol. The van der Waals surface area contributed by atoms with Crippen LogP contribution in [0.5, 0.6) is 0 Å². The van der Waals surface area contributed by atoms with Crippen LogP contribution in [0.15, 0.2) is 30.5 Å². The van der Waals surface area contributed by atoms with Crippen LogP contribution in [0.25, 0.3) is 11.4 Å². The number of halogens is 6. The van der Waals surface area contributed by atoms with E-state index in [1.54, 1.807) is 0 Å². The van der Waals surface area contributed by atoms with Crippen molar-refractivity contribution >= 4 is 5.91 Å². The maximum absolute atomic E-state index is 13.0. The van der Waals surface area contributed by atoms with Crippen molar-refractivity contribution in [2.45, 2.75) is 18.8 Å². The van der Waals surface area contributed by atoms with E-state index in [-0.39, 0.29) is 17.7 Å². The van der Waals surface area contributed by atoms with Crippen molar-refractivity contribution in [3.05, 3.63) is 47.3 Å². The molecule has 29 heavy (non-hydrogen) atoms. The average molecular weight is 418 g/mol. The minimum Gasteiger partial charge on any atom is -0.350 e. The number of nitrogens with one attached hydrogen (secondary N) is 2.